The van der Waals surface area contributed by atoms with Crippen molar-refractivity contribution in [1.82, 2.24) is 5.32 Å². The first kappa shape index (κ1) is 16.4. The van der Waals surface area contributed by atoms with Crippen molar-refractivity contribution in [1.29, 1.82) is 0 Å². The van der Waals surface area contributed by atoms with E-state index in [1.807, 2.05) is 19.2 Å². The molecule has 1 N–H and O–H groups in total. The highest BCUT2D eigenvalue weighted by atomic mass is 35.5. The third-order valence-electron chi connectivity index (χ3n) is 4.52. The standard InChI is InChI=1S/C17H26ClNO2/c1-19-17(12-8-6-4-5-7-9-12)13-10-15(20-2)16(21-3)11-14(13)18/h10-12,17,19H,4-9H2,1-3H3. The molecule has 0 saturated heterocycles. The van der Waals surface area contributed by atoms with Gasteiger partial charge in [-0.1, -0.05) is 37.3 Å². The van der Waals surface area contributed by atoms with Crippen LogP contribution in [0.2, 0.25) is 5.02 Å². The fourth-order valence-corrected chi connectivity index (χ4v) is 3.67. The van der Waals surface area contributed by atoms with E-state index in [1.54, 1.807) is 14.2 Å². The van der Waals surface area contributed by atoms with Gasteiger partial charge in [0.2, 0.25) is 0 Å². The van der Waals surface area contributed by atoms with Gasteiger partial charge >= 0.3 is 0 Å². The molecule has 0 heterocycles. The molecule has 1 saturated carbocycles. The van der Waals surface area contributed by atoms with E-state index in [2.05, 4.69) is 5.32 Å². The summed E-state index contributed by atoms with van der Waals surface area (Å²) in [5.74, 6) is 2.06. The lowest BCUT2D eigenvalue weighted by Gasteiger charge is -2.27. The maximum atomic E-state index is 6.50. The normalized spacial score (nSPS) is 18.1. The molecule has 1 aliphatic rings. The molecule has 0 amide bonds. The summed E-state index contributed by atoms with van der Waals surface area (Å²) < 4.78 is 10.7. The SMILES string of the molecule is CNC(c1cc(OC)c(OC)cc1Cl)C1CCCCCC1. The lowest BCUT2D eigenvalue weighted by Crippen LogP contribution is -2.25. The zero-order valence-electron chi connectivity index (χ0n) is 13.2. The van der Waals surface area contributed by atoms with Crippen molar-refractivity contribution >= 4 is 11.6 Å². The van der Waals surface area contributed by atoms with Crippen LogP contribution in [-0.4, -0.2) is 21.3 Å². The molecule has 21 heavy (non-hydrogen) atoms. The van der Waals surface area contributed by atoms with Gasteiger partial charge in [0.05, 0.1) is 14.2 Å². The van der Waals surface area contributed by atoms with E-state index < -0.39 is 0 Å². The topological polar surface area (TPSA) is 30.5 Å². The van der Waals surface area contributed by atoms with Crippen LogP contribution in [0.4, 0.5) is 0 Å². The molecule has 2 rings (SSSR count). The minimum Gasteiger partial charge on any atom is -0.493 e. The Morgan fingerprint density at radius 1 is 1.05 bits per heavy atom. The maximum absolute atomic E-state index is 6.50. The lowest BCUT2D eigenvalue weighted by molar-refractivity contribution is 0.334. The van der Waals surface area contributed by atoms with Crippen LogP contribution in [0.25, 0.3) is 0 Å². The highest BCUT2D eigenvalue weighted by molar-refractivity contribution is 6.31. The molecule has 4 heteroatoms. The molecule has 0 aliphatic heterocycles. The van der Waals surface area contributed by atoms with E-state index >= 15 is 0 Å². The van der Waals surface area contributed by atoms with Gasteiger partial charge < -0.3 is 14.8 Å². The van der Waals surface area contributed by atoms with E-state index in [0.717, 1.165) is 16.3 Å². The largest absolute Gasteiger partial charge is 0.493 e. The molecule has 0 radical (unpaired) electrons. The van der Waals surface area contributed by atoms with Crippen molar-refractivity contribution in [3.8, 4) is 11.5 Å². The number of methoxy groups -OCH3 is 2. The second-order valence-electron chi connectivity index (χ2n) is 5.75. The van der Waals surface area contributed by atoms with Crippen LogP contribution in [0.3, 0.4) is 0 Å². The molecule has 1 atom stereocenters. The fraction of sp³-hybridized carbons (Fsp3) is 0.647. The Bertz CT molecular complexity index is 456. The number of nitrogens with one attached hydrogen (secondary N) is 1. The van der Waals surface area contributed by atoms with Gasteiger partial charge in [0.25, 0.3) is 0 Å². The van der Waals surface area contributed by atoms with Gasteiger partial charge in [-0.25, -0.2) is 0 Å². The predicted octanol–water partition coefficient (Wildman–Crippen LogP) is 4.59. The van der Waals surface area contributed by atoms with Crippen molar-refractivity contribution in [3.63, 3.8) is 0 Å². The van der Waals surface area contributed by atoms with Crippen LogP contribution in [0.15, 0.2) is 12.1 Å². The summed E-state index contributed by atoms with van der Waals surface area (Å²) in [6, 6.07) is 4.15. The van der Waals surface area contributed by atoms with Gasteiger partial charge in [0.1, 0.15) is 0 Å². The first-order valence-corrected chi connectivity index (χ1v) is 8.17. The average Bonchev–Trinajstić information content (AvgIpc) is 2.78. The van der Waals surface area contributed by atoms with Gasteiger partial charge in [-0.2, -0.15) is 0 Å². The summed E-state index contributed by atoms with van der Waals surface area (Å²) in [4.78, 5) is 0. The minimum atomic E-state index is 0.274. The summed E-state index contributed by atoms with van der Waals surface area (Å²) in [5, 5.41) is 4.21. The first-order chi connectivity index (χ1) is 10.2. The van der Waals surface area contributed by atoms with E-state index in [4.69, 9.17) is 21.1 Å². The summed E-state index contributed by atoms with van der Waals surface area (Å²) in [5.41, 5.74) is 1.11. The number of benzene rings is 1. The Morgan fingerprint density at radius 2 is 1.62 bits per heavy atom. The highest BCUT2D eigenvalue weighted by Crippen LogP contribution is 2.40. The zero-order valence-corrected chi connectivity index (χ0v) is 14.0. The van der Waals surface area contributed by atoms with E-state index in [-0.39, 0.29) is 6.04 Å². The Morgan fingerprint density at radius 3 is 2.14 bits per heavy atom. The third-order valence-corrected chi connectivity index (χ3v) is 4.85. The second kappa shape index (κ2) is 7.90. The Hall–Kier alpha value is -0.930. The van der Waals surface area contributed by atoms with Crippen LogP contribution >= 0.6 is 11.6 Å². The van der Waals surface area contributed by atoms with Gasteiger partial charge in [0, 0.05) is 17.1 Å². The third kappa shape index (κ3) is 3.83. The number of rotatable bonds is 5. The van der Waals surface area contributed by atoms with E-state index in [9.17, 15) is 0 Å². The van der Waals surface area contributed by atoms with E-state index in [1.165, 1.54) is 38.5 Å². The van der Waals surface area contributed by atoms with Crippen molar-refractivity contribution in [3.05, 3.63) is 22.7 Å². The fourth-order valence-electron chi connectivity index (χ4n) is 3.40. The van der Waals surface area contributed by atoms with Crippen LogP contribution in [0.1, 0.15) is 50.1 Å². The van der Waals surface area contributed by atoms with Crippen LogP contribution in [0, 0.1) is 5.92 Å². The van der Waals surface area contributed by atoms with Crippen LogP contribution < -0.4 is 14.8 Å². The molecular weight excluding hydrogens is 286 g/mol. The van der Waals surface area contributed by atoms with Crippen molar-refractivity contribution < 1.29 is 9.47 Å². The van der Waals surface area contributed by atoms with Crippen molar-refractivity contribution in [2.24, 2.45) is 5.92 Å². The zero-order chi connectivity index (χ0) is 15.2. The monoisotopic (exact) mass is 311 g/mol. The Balaban J connectivity index is 2.32. The summed E-state index contributed by atoms with van der Waals surface area (Å²) in [6.45, 7) is 0. The second-order valence-corrected chi connectivity index (χ2v) is 6.15. The number of ether oxygens (including phenoxy) is 2. The van der Waals surface area contributed by atoms with Crippen LogP contribution in [-0.2, 0) is 0 Å². The lowest BCUT2D eigenvalue weighted by atomic mass is 9.87. The predicted molar refractivity (Wildman–Crippen MR) is 87.5 cm³/mol. The molecule has 1 aromatic rings. The molecule has 3 nitrogen and oxygen atoms in total. The summed E-state index contributed by atoms with van der Waals surface area (Å²) in [6.07, 6.45) is 7.85. The molecule has 1 unspecified atom stereocenters. The Kier molecular flexibility index (Phi) is 6.19. The molecule has 1 fully saturated rings. The number of hydrogen-bond acceptors (Lipinski definition) is 3. The molecule has 0 spiro atoms. The smallest absolute Gasteiger partial charge is 0.162 e. The van der Waals surface area contributed by atoms with Crippen molar-refractivity contribution in [2.45, 2.75) is 44.6 Å². The molecular formula is C17H26ClNO2. The Labute approximate surface area is 133 Å². The highest BCUT2D eigenvalue weighted by Gasteiger charge is 2.26. The summed E-state index contributed by atoms with van der Waals surface area (Å²) in [7, 11) is 5.31. The van der Waals surface area contributed by atoms with Crippen LogP contribution in [0.5, 0.6) is 11.5 Å². The molecule has 0 bridgehead atoms. The molecule has 0 aromatic heterocycles. The average molecular weight is 312 g/mol. The first-order valence-electron chi connectivity index (χ1n) is 7.80. The molecule has 118 valence electrons. The number of hydrogen-bond donors (Lipinski definition) is 1. The maximum Gasteiger partial charge on any atom is 0.162 e. The van der Waals surface area contributed by atoms with Gasteiger partial charge in [0.15, 0.2) is 11.5 Å². The van der Waals surface area contributed by atoms with Gasteiger partial charge in [-0.3, -0.25) is 0 Å². The molecule has 1 aliphatic carbocycles. The minimum absolute atomic E-state index is 0.274. The summed E-state index contributed by atoms with van der Waals surface area (Å²) >= 11 is 6.50. The van der Waals surface area contributed by atoms with Crippen molar-refractivity contribution in [2.75, 3.05) is 21.3 Å². The molecule has 1 aromatic carbocycles. The van der Waals surface area contributed by atoms with E-state index in [0.29, 0.717) is 11.7 Å². The van der Waals surface area contributed by atoms with Gasteiger partial charge in [-0.05, 0) is 37.4 Å². The number of halogens is 1. The van der Waals surface area contributed by atoms with Gasteiger partial charge in [-0.15, -0.1) is 0 Å². The quantitative estimate of drug-likeness (QED) is 0.807.